The lowest BCUT2D eigenvalue weighted by atomic mass is 10.2. The van der Waals surface area contributed by atoms with Crippen LogP contribution >= 0.6 is 11.3 Å². The molecule has 0 spiro atoms. The Kier molecular flexibility index (Phi) is 4.90. The van der Waals surface area contributed by atoms with Gasteiger partial charge in [-0.05, 0) is 30.5 Å². The molecule has 0 aliphatic rings. The van der Waals surface area contributed by atoms with Crippen LogP contribution in [0.5, 0.6) is 0 Å². The molecule has 2 rings (SSSR count). The number of thiazole rings is 1. The maximum absolute atomic E-state index is 11.8. The van der Waals surface area contributed by atoms with Crippen molar-refractivity contribution in [1.29, 1.82) is 0 Å². The summed E-state index contributed by atoms with van der Waals surface area (Å²) >= 11 is 1.58. The number of allylic oxidation sites excluding steroid dienone is 1. The summed E-state index contributed by atoms with van der Waals surface area (Å²) < 4.78 is 3.23. The van der Waals surface area contributed by atoms with Crippen molar-refractivity contribution < 1.29 is 4.79 Å². The second kappa shape index (κ2) is 6.66. The lowest BCUT2D eigenvalue weighted by molar-refractivity contribution is -0.118. The average Bonchev–Trinajstić information content (AvgIpc) is 2.76. The summed E-state index contributed by atoms with van der Waals surface area (Å²) in [4.78, 5) is 16.8. The van der Waals surface area contributed by atoms with Crippen LogP contribution in [-0.2, 0) is 17.8 Å². The number of carbonyl (C=O) groups excluding carboxylic acids is 1. The quantitative estimate of drug-likeness (QED) is 0.773. The molecule has 0 radical (unpaired) electrons. The Morgan fingerprint density at radius 2 is 2.25 bits per heavy atom. The first kappa shape index (κ1) is 14.7. The monoisotopic (exact) mass is 288 g/mol. The van der Waals surface area contributed by atoms with Gasteiger partial charge in [-0.1, -0.05) is 37.3 Å². The highest BCUT2D eigenvalue weighted by Gasteiger charge is 2.07. The number of aromatic nitrogens is 1. The van der Waals surface area contributed by atoms with E-state index in [-0.39, 0.29) is 5.91 Å². The summed E-state index contributed by atoms with van der Waals surface area (Å²) in [7, 11) is 0. The van der Waals surface area contributed by atoms with Crippen molar-refractivity contribution in [3.63, 3.8) is 0 Å². The summed E-state index contributed by atoms with van der Waals surface area (Å²) in [6.07, 6.45) is 4.18. The van der Waals surface area contributed by atoms with Gasteiger partial charge in [-0.2, -0.15) is 4.99 Å². The fraction of sp³-hybridized carbons (Fsp3) is 0.375. The van der Waals surface area contributed by atoms with Crippen LogP contribution in [0.25, 0.3) is 10.2 Å². The predicted molar refractivity (Wildman–Crippen MR) is 84.9 cm³/mol. The molecule has 1 heterocycles. The highest BCUT2D eigenvalue weighted by atomic mass is 32.1. The van der Waals surface area contributed by atoms with Crippen molar-refractivity contribution in [3.05, 3.63) is 41.2 Å². The highest BCUT2D eigenvalue weighted by Crippen LogP contribution is 2.19. The molecular formula is C16H20N2OS. The van der Waals surface area contributed by atoms with E-state index in [0.717, 1.165) is 23.2 Å². The van der Waals surface area contributed by atoms with Crippen molar-refractivity contribution in [2.24, 2.45) is 4.99 Å². The lowest BCUT2D eigenvalue weighted by Gasteiger charge is -2.01. The second-order valence-corrected chi connectivity index (χ2v) is 5.70. The summed E-state index contributed by atoms with van der Waals surface area (Å²) in [6, 6.07) is 6.42. The smallest absolute Gasteiger partial charge is 0.248 e. The number of hydrogen-bond donors (Lipinski definition) is 0. The van der Waals surface area contributed by atoms with E-state index in [2.05, 4.69) is 41.3 Å². The molecule has 20 heavy (non-hydrogen) atoms. The van der Waals surface area contributed by atoms with Gasteiger partial charge in [-0.25, -0.2) is 0 Å². The summed E-state index contributed by atoms with van der Waals surface area (Å²) in [5.41, 5.74) is 2.42. The molecule has 0 aliphatic carbocycles. The maximum Gasteiger partial charge on any atom is 0.248 e. The van der Waals surface area contributed by atoms with E-state index in [4.69, 9.17) is 0 Å². The van der Waals surface area contributed by atoms with Crippen LogP contribution in [0.15, 0.2) is 35.8 Å². The maximum atomic E-state index is 11.8. The number of fused-ring (bicyclic) bond motifs is 1. The molecule has 0 N–H and O–H groups in total. The Hall–Kier alpha value is -1.68. The molecule has 0 saturated heterocycles. The molecule has 1 amide bonds. The summed E-state index contributed by atoms with van der Waals surface area (Å²) in [5.74, 6) is -0.0485. The van der Waals surface area contributed by atoms with Crippen LogP contribution in [-0.4, -0.2) is 10.5 Å². The third kappa shape index (κ3) is 3.07. The number of amides is 1. The highest BCUT2D eigenvalue weighted by molar-refractivity contribution is 7.16. The Labute approximate surface area is 123 Å². The van der Waals surface area contributed by atoms with Crippen molar-refractivity contribution in [2.45, 2.75) is 39.7 Å². The zero-order valence-corrected chi connectivity index (χ0v) is 12.9. The van der Waals surface area contributed by atoms with Crippen LogP contribution in [0.3, 0.4) is 0 Å². The van der Waals surface area contributed by atoms with Crippen molar-refractivity contribution >= 4 is 27.5 Å². The molecule has 0 aliphatic heterocycles. The molecular weight excluding hydrogens is 268 g/mol. The van der Waals surface area contributed by atoms with Gasteiger partial charge in [0, 0.05) is 13.0 Å². The zero-order chi connectivity index (χ0) is 14.5. The second-order valence-electron chi connectivity index (χ2n) is 4.70. The largest absolute Gasteiger partial charge is 0.313 e. The number of rotatable bonds is 5. The van der Waals surface area contributed by atoms with Crippen molar-refractivity contribution in [1.82, 2.24) is 4.57 Å². The van der Waals surface area contributed by atoms with Crippen molar-refractivity contribution in [3.8, 4) is 0 Å². The van der Waals surface area contributed by atoms with E-state index >= 15 is 0 Å². The van der Waals surface area contributed by atoms with Gasteiger partial charge in [0.25, 0.3) is 0 Å². The molecule has 0 unspecified atom stereocenters. The van der Waals surface area contributed by atoms with Gasteiger partial charge in [0.2, 0.25) is 5.91 Å². The third-order valence-electron chi connectivity index (χ3n) is 3.15. The van der Waals surface area contributed by atoms with Crippen LogP contribution in [0.4, 0.5) is 0 Å². The summed E-state index contributed by atoms with van der Waals surface area (Å²) in [5, 5.41) is 0. The first-order valence-electron chi connectivity index (χ1n) is 7.00. The zero-order valence-electron chi connectivity index (χ0n) is 12.1. The van der Waals surface area contributed by atoms with Gasteiger partial charge in [-0.3, -0.25) is 4.79 Å². The fourth-order valence-corrected chi connectivity index (χ4v) is 3.23. The lowest BCUT2D eigenvalue weighted by Crippen LogP contribution is -2.16. The first-order valence-corrected chi connectivity index (χ1v) is 7.82. The van der Waals surface area contributed by atoms with Gasteiger partial charge >= 0.3 is 0 Å². The number of aryl methyl sites for hydroxylation is 1. The number of nitrogens with zero attached hydrogens (tertiary/aromatic N) is 2. The average molecular weight is 288 g/mol. The van der Waals surface area contributed by atoms with Gasteiger partial charge in [0.05, 0.1) is 10.2 Å². The molecule has 106 valence electrons. The molecule has 4 heteroatoms. The minimum Gasteiger partial charge on any atom is -0.313 e. The van der Waals surface area contributed by atoms with E-state index in [9.17, 15) is 4.79 Å². The van der Waals surface area contributed by atoms with E-state index in [1.165, 1.54) is 10.3 Å². The Morgan fingerprint density at radius 1 is 1.45 bits per heavy atom. The Balaban J connectivity index is 2.60. The van der Waals surface area contributed by atoms with E-state index in [1.807, 2.05) is 13.0 Å². The number of carbonyl (C=O) groups is 1. The van der Waals surface area contributed by atoms with Gasteiger partial charge in [-0.15, -0.1) is 6.58 Å². The minimum atomic E-state index is -0.0485. The fourth-order valence-electron chi connectivity index (χ4n) is 2.10. The molecule has 0 atom stereocenters. The normalized spacial score (nSPS) is 12.0. The summed E-state index contributed by atoms with van der Waals surface area (Å²) in [6.45, 7) is 8.59. The Bertz CT molecular complexity index is 694. The standard InChI is InChI=1S/C16H20N2OS/c1-4-7-15(19)17-16-18(10-5-2)13-9-8-12(6-3)11-14(13)20-16/h5,8-9,11H,2,4,6-7,10H2,1,3H3. The minimum absolute atomic E-state index is 0.0485. The molecule has 1 aromatic heterocycles. The topological polar surface area (TPSA) is 34.4 Å². The SMILES string of the molecule is C=CCn1c(=NC(=O)CCC)sc2cc(CC)ccc21. The van der Waals surface area contributed by atoms with Gasteiger partial charge in [0.1, 0.15) is 0 Å². The molecule has 0 saturated carbocycles. The molecule has 1 aromatic carbocycles. The number of hydrogen-bond acceptors (Lipinski definition) is 2. The first-order chi connectivity index (χ1) is 9.69. The van der Waals surface area contributed by atoms with E-state index < -0.39 is 0 Å². The third-order valence-corrected chi connectivity index (χ3v) is 4.19. The van der Waals surface area contributed by atoms with Crippen LogP contribution in [0, 0.1) is 0 Å². The van der Waals surface area contributed by atoms with E-state index in [0.29, 0.717) is 13.0 Å². The molecule has 0 fully saturated rings. The molecule has 0 bridgehead atoms. The van der Waals surface area contributed by atoms with Gasteiger partial charge in [0.15, 0.2) is 4.80 Å². The molecule has 2 aromatic rings. The van der Waals surface area contributed by atoms with Gasteiger partial charge < -0.3 is 4.57 Å². The number of benzene rings is 1. The Morgan fingerprint density at radius 3 is 2.90 bits per heavy atom. The van der Waals surface area contributed by atoms with Crippen molar-refractivity contribution in [2.75, 3.05) is 0 Å². The van der Waals surface area contributed by atoms with Crippen LogP contribution in [0.2, 0.25) is 0 Å². The van der Waals surface area contributed by atoms with Crippen LogP contribution in [0.1, 0.15) is 32.3 Å². The predicted octanol–water partition coefficient (Wildman–Crippen LogP) is 3.68. The molecule has 3 nitrogen and oxygen atoms in total. The van der Waals surface area contributed by atoms with Crippen LogP contribution < -0.4 is 4.80 Å². The van der Waals surface area contributed by atoms with E-state index in [1.54, 1.807) is 11.3 Å².